The number of hydrogen-bond donors (Lipinski definition) is 3. The van der Waals surface area contributed by atoms with Gasteiger partial charge in [-0.25, -0.2) is 4.79 Å². The third-order valence-electron chi connectivity index (χ3n) is 3.67. The minimum Gasteiger partial charge on any atom is -0.394 e. The molecule has 0 spiro atoms. The molecule has 1 aromatic rings. The molecule has 0 saturated carbocycles. The van der Waals surface area contributed by atoms with E-state index in [1.54, 1.807) is 20.8 Å². The summed E-state index contributed by atoms with van der Waals surface area (Å²) in [5.41, 5.74) is -0.725. The van der Waals surface area contributed by atoms with Gasteiger partial charge in [0.25, 0.3) is 6.23 Å². The first-order valence-corrected chi connectivity index (χ1v) is 7.55. The fourth-order valence-corrected chi connectivity index (χ4v) is 2.19. The zero-order valence-corrected chi connectivity index (χ0v) is 13.7. The number of carbonyl (C=O) groups excluding carboxylic acids is 2. The van der Waals surface area contributed by atoms with Gasteiger partial charge in [0, 0.05) is 6.07 Å². The molecule has 0 aliphatic carbocycles. The summed E-state index contributed by atoms with van der Waals surface area (Å²) in [4.78, 5) is 23.9. The lowest BCUT2D eigenvalue weighted by Gasteiger charge is -2.15. The number of aromatic nitrogens is 1. The summed E-state index contributed by atoms with van der Waals surface area (Å²) in [6, 6.07) is 2.98. The molecule has 1 aromatic heterocycles. The van der Waals surface area contributed by atoms with Crippen molar-refractivity contribution in [2.75, 3.05) is 6.61 Å². The monoisotopic (exact) mass is 340 g/mol. The molecule has 8 nitrogen and oxygen atoms in total. The Morgan fingerprint density at radius 3 is 2.50 bits per heavy atom. The van der Waals surface area contributed by atoms with Gasteiger partial charge >= 0.3 is 11.9 Å². The third-order valence-corrected chi connectivity index (χ3v) is 3.67. The van der Waals surface area contributed by atoms with Crippen molar-refractivity contribution in [1.82, 2.24) is 0 Å². The highest BCUT2D eigenvalue weighted by Gasteiger charge is 2.48. The molecule has 3 N–H and O–H groups in total. The molecule has 8 heteroatoms. The van der Waals surface area contributed by atoms with Crippen molar-refractivity contribution in [3.8, 4) is 0 Å². The van der Waals surface area contributed by atoms with Crippen LogP contribution in [0.25, 0.3) is 0 Å². The van der Waals surface area contributed by atoms with Crippen LogP contribution in [0.4, 0.5) is 0 Å². The minimum absolute atomic E-state index is 0.0906. The first-order chi connectivity index (χ1) is 11.1. The van der Waals surface area contributed by atoms with E-state index in [0.29, 0.717) is 0 Å². The van der Waals surface area contributed by atoms with Crippen LogP contribution in [-0.4, -0.2) is 52.2 Å². The number of aliphatic hydroxyl groups excluding tert-OH is 3. The van der Waals surface area contributed by atoms with Crippen molar-refractivity contribution in [2.45, 2.75) is 45.3 Å². The number of carbonyl (C=O) groups is 2. The summed E-state index contributed by atoms with van der Waals surface area (Å²) in [7, 11) is 0. The van der Waals surface area contributed by atoms with Crippen molar-refractivity contribution >= 4 is 11.9 Å². The van der Waals surface area contributed by atoms with Gasteiger partial charge in [0.1, 0.15) is 17.8 Å². The van der Waals surface area contributed by atoms with Crippen molar-refractivity contribution in [1.29, 1.82) is 0 Å². The van der Waals surface area contributed by atoms with E-state index in [9.17, 15) is 19.8 Å². The van der Waals surface area contributed by atoms with Crippen LogP contribution in [-0.2, 0) is 14.3 Å². The molecule has 1 fully saturated rings. The van der Waals surface area contributed by atoms with Crippen LogP contribution in [0.1, 0.15) is 37.4 Å². The van der Waals surface area contributed by atoms with Gasteiger partial charge in [-0.05, 0) is 26.8 Å². The Hall–Kier alpha value is -1.87. The Balaban J connectivity index is 2.18. The summed E-state index contributed by atoms with van der Waals surface area (Å²) in [6.45, 7) is 4.45. The Bertz CT molecular complexity index is 625. The van der Waals surface area contributed by atoms with Crippen LogP contribution >= 0.6 is 0 Å². The van der Waals surface area contributed by atoms with Crippen molar-refractivity contribution in [2.24, 2.45) is 5.41 Å². The molecule has 2 rings (SSSR count). The molecule has 1 aliphatic rings. The predicted octanol–water partition coefficient (Wildman–Crippen LogP) is -0.685. The summed E-state index contributed by atoms with van der Waals surface area (Å²) < 4.78 is 11.6. The van der Waals surface area contributed by atoms with Crippen LogP contribution < -0.4 is 4.57 Å². The summed E-state index contributed by atoms with van der Waals surface area (Å²) in [5, 5.41) is 28.9. The topological polar surface area (TPSA) is 117 Å². The summed E-state index contributed by atoms with van der Waals surface area (Å²) >= 11 is 0. The SMILES string of the molecule is CC(C)(C)C(=O)OC(=O)c1ccc[n+]([C@@H]2O[C@H](CO)[C@@H](O)[C@H]2O)c1. The van der Waals surface area contributed by atoms with E-state index < -0.39 is 48.5 Å². The lowest BCUT2D eigenvalue weighted by atomic mass is 9.97. The van der Waals surface area contributed by atoms with Gasteiger partial charge in [-0.1, -0.05) is 0 Å². The molecule has 24 heavy (non-hydrogen) atoms. The van der Waals surface area contributed by atoms with Crippen LogP contribution in [0.2, 0.25) is 0 Å². The third kappa shape index (κ3) is 3.78. The molecular weight excluding hydrogens is 318 g/mol. The minimum atomic E-state index is -1.27. The zero-order chi connectivity index (χ0) is 18.1. The Morgan fingerprint density at radius 2 is 1.96 bits per heavy atom. The maximum atomic E-state index is 12.1. The Morgan fingerprint density at radius 1 is 1.29 bits per heavy atom. The summed E-state index contributed by atoms with van der Waals surface area (Å²) in [5.74, 6) is -1.48. The Kier molecular flexibility index (Phi) is 5.34. The average Bonchev–Trinajstić information content (AvgIpc) is 2.82. The largest absolute Gasteiger partial charge is 0.394 e. The van der Waals surface area contributed by atoms with E-state index in [1.165, 1.54) is 29.1 Å². The van der Waals surface area contributed by atoms with E-state index in [-0.39, 0.29) is 5.56 Å². The standard InChI is InChI=1S/C16H22NO7/c1-16(2,3)15(22)24-14(21)9-5-4-6-17(7-9)13-12(20)11(19)10(8-18)23-13/h4-7,10-13,18-20H,8H2,1-3H3/q+1/t10-,11-,12-,13-/m1/s1. The number of esters is 2. The Labute approximate surface area is 139 Å². The second-order valence-corrected chi connectivity index (χ2v) is 6.70. The van der Waals surface area contributed by atoms with E-state index in [1.807, 2.05) is 0 Å². The molecule has 2 heterocycles. The second kappa shape index (κ2) is 6.94. The van der Waals surface area contributed by atoms with Crippen molar-refractivity contribution in [3.63, 3.8) is 0 Å². The van der Waals surface area contributed by atoms with Crippen LogP contribution in [0, 0.1) is 5.41 Å². The average molecular weight is 340 g/mol. The molecule has 1 saturated heterocycles. The van der Waals surface area contributed by atoms with Crippen LogP contribution in [0.5, 0.6) is 0 Å². The van der Waals surface area contributed by atoms with Crippen molar-refractivity contribution < 1.29 is 38.9 Å². The van der Waals surface area contributed by atoms with E-state index in [0.717, 1.165) is 0 Å². The molecule has 0 bridgehead atoms. The van der Waals surface area contributed by atoms with Crippen LogP contribution in [0.3, 0.4) is 0 Å². The van der Waals surface area contributed by atoms with Gasteiger partial charge in [-0.2, -0.15) is 4.57 Å². The molecule has 0 radical (unpaired) electrons. The summed E-state index contributed by atoms with van der Waals surface area (Å²) in [6.07, 6.45) is -1.53. The maximum absolute atomic E-state index is 12.1. The normalized spacial score (nSPS) is 27.1. The van der Waals surface area contributed by atoms with Crippen molar-refractivity contribution in [3.05, 3.63) is 30.1 Å². The predicted molar refractivity (Wildman–Crippen MR) is 79.5 cm³/mol. The maximum Gasteiger partial charge on any atom is 0.351 e. The molecule has 4 atom stereocenters. The number of pyridine rings is 1. The number of rotatable bonds is 3. The van der Waals surface area contributed by atoms with Gasteiger partial charge in [-0.3, -0.25) is 4.79 Å². The molecular formula is C16H22NO7+. The first kappa shape index (κ1) is 18.5. The molecule has 132 valence electrons. The number of ether oxygens (including phenoxy) is 2. The van der Waals surface area contributed by atoms with Gasteiger partial charge in [-0.15, -0.1) is 0 Å². The number of nitrogens with zero attached hydrogens (tertiary/aromatic N) is 1. The number of hydrogen-bond acceptors (Lipinski definition) is 7. The lowest BCUT2D eigenvalue weighted by Crippen LogP contribution is -2.46. The highest BCUT2D eigenvalue weighted by atomic mass is 16.6. The highest BCUT2D eigenvalue weighted by Crippen LogP contribution is 2.25. The van der Waals surface area contributed by atoms with Gasteiger partial charge in [0.05, 0.1) is 12.0 Å². The fourth-order valence-electron chi connectivity index (χ4n) is 2.19. The van der Waals surface area contributed by atoms with E-state index in [4.69, 9.17) is 14.6 Å². The molecule has 0 unspecified atom stereocenters. The molecule has 1 aliphatic heterocycles. The van der Waals surface area contributed by atoms with Gasteiger partial charge < -0.3 is 24.8 Å². The number of aliphatic hydroxyl groups is 3. The van der Waals surface area contributed by atoms with Gasteiger partial charge in [0.2, 0.25) is 0 Å². The lowest BCUT2D eigenvalue weighted by molar-refractivity contribution is -0.765. The van der Waals surface area contributed by atoms with Crippen LogP contribution in [0.15, 0.2) is 24.5 Å². The quantitative estimate of drug-likeness (QED) is 0.379. The molecule has 0 aromatic carbocycles. The van der Waals surface area contributed by atoms with E-state index >= 15 is 0 Å². The highest BCUT2D eigenvalue weighted by molar-refractivity contribution is 5.97. The van der Waals surface area contributed by atoms with E-state index in [2.05, 4.69) is 0 Å². The fraction of sp³-hybridized carbons (Fsp3) is 0.562. The zero-order valence-electron chi connectivity index (χ0n) is 13.7. The molecule has 0 amide bonds. The van der Waals surface area contributed by atoms with Gasteiger partial charge in [0.15, 0.2) is 18.5 Å². The smallest absolute Gasteiger partial charge is 0.351 e. The second-order valence-electron chi connectivity index (χ2n) is 6.70. The first-order valence-electron chi connectivity index (χ1n) is 7.55.